The second-order valence-electron chi connectivity index (χ2n) is 4.19. The van der Waals surface area contributed by atoms with Crippen molar-refractivity contribution in [1.29, 1.82) is 0 Å². The zero-order chi connectivity index (χ0) is 11.5. The van der Waals surface area contributed by atoms with Crippen LogP contribution in [0.15, 0.2) is 24.0 Å². The van der Waals surface area contributed by atoms with Gasteiger partial charge in [-0.25, -0.2) is 0 Å². The number of carboxylic acids is 1. The Labute approximate surface area is 93.6 Å². The Bertz CT molecular complexity index is 367. The maximum atomic E-state index is 11.4. The third kappa shape index (κ3) is 2.15. The molecule has 0 saturated heterocycles. The van der Waals surface area contributed by atoms with Gasteiger partial charge in [0.05, 0.1) is 12.2 Å². The van der Waals surface area contributed by atoms with Crippen molar-refractivity contribution in [3.8, 4) is 0 Å². The summed E-state index contributed by atoms with van der Waals surface area (Å²) in [6.07, 6.45) is 6.42. The van der Waals surface area contributed by atoms with Gasteiger partial charge in [-0.05, 0) is 18.1 Å². The number of ketones is 1. The van der Waals surface area contributed by atoms with E-state index in [-0.39, 0.29) is 11.7 Å². The van der Waals surface area contributed by atoms with Crippen LogP contribution in [0.25, 0.3) is 0 Å². The van der Waals surface area contributed by atoms with Gasteiger partial charge < -0.3 is 9.84 Å². The Morgan fingerprint density at radius 3 is 2.94 bits per heavy atom. The fraction of sp³-hybridized carbons (Fsp3) is 0.500. The summed E-state index contributed by atoms with van der Waals surface area (Å²) in [6, 6.07) is 0. The van der Waals surface area contributed by atoms with Crippen molar-refractivity contribution in [2.24, 2.45) is 11.8 Å². The van der Waals surface area contributed by atoms with Gasteiger partial charge in [-0.15, -0.1) is 0 Å². The average Bonchev–Trinajstić information content (AvgIpc) is 2.29. The van der Waals surface area contributed by atoms with Crippen molar-refractivity contribution in [2.75, 3.05) is 6.61 Å². The molecule has 0 aromatic rings. The lowest BCUT2D eigenvalue weighted by Gasteiger charge is -2.29. The highest BCUT2D eigenvalue weighted by Gasteiger charge is 2.36. The largest absolute Gasteiger partial charge is 0.497 e. The van der Waals surface area contributed by atoms with Crippen molar-refractivity contribution >= 4 is 11.8 Å². The molecule has 1 unspecified atom stereocenters. The first-order chi connectivity index (χ1) is 7.68. The van der Waals surface area contributed by atoms with Crippen LogP contribution in [0.3, 0.4) is 0 Å². The minimum absolute atomic E-state index is 0.141. The topological polar surface area (TPSA) is 63.6 Å². The van der Waals surface area contributed by atoms with Crippen LogP contribution in [0, 0.1) is 11.8 Å². The minimum atomic E-state index is -0.822. The second-order valence-corrected chi connectivity index (χ2v) is 4.19. The highest BCUT2D eigenvalue weighted by molar-refractivity contribution is 5.83. The SMILES string of the molecule is O=C1CC[C@@H](C(=O)O)C(C2=COCC=C2)C1. The molecule has 1 fully saturated rings. The van der Waals surface area contributed by atoms with Gasteiger partial charge in [-0.1, -0.05) is 6.08 Å². The molecular formula is C12H14O4. The summed E-state index contributed by atoms with van der Waals surface area (Å²) in [5.41, 5.74) is 0.826. The van der Waals surface area contributed by atoms with E-state index in [0.29, 0.717) is 25.9 Å². The van der Waals surface area contributed by atoms with Gasteiger partial charge >= 0.3 is 5.97 Å². The Balaban J connectivity index is 2.20. The van der Waals surface area contributed by atoms with E-state index in [2.05, 4.69) is 0 Å². The number of hydrogen-bond acceptors (Lipinski definition) is 3. The number of allylic oxidation sites excluding steroid dienone is 2. The van der Waals surface area contributed by atoms with Crippen LogP contribution in [0.1, 0.15) is 19.3 Å². The fourth-order valence-corrected chi connectivity index (χ4v) is 2.29. The van der Waals surface area contributed by atoms with E-state index in [1.807, 2.05) is 12.2 Å². The van der Waals surface area contributed by atoms with Gasteiger partial charge in [0.15, 0.2) is 0 Å². The van der Waals surface area contributed by atoms with Crippen LogP contribution < -0.4 is 0 Å². The number of hydrogen-bond donors (Lipinski definition) is 1. The molecule has 1 heterocycles. The molecule has 1 aliphatic heterocycles. The van der Waals surface area contributed by atoms with E-state index < -0.39 is 11.9 Å². The molecule has 0 bridgehead atoms. The molecule has 2 atom stereocenters. The molecule has 4 nitrogen and oxygen atoms in total. The Morgan fingerprint density at radius 1 is 1.50 bits per heavy atom. The first-order valence-corrected chi connectivity index (χ1v) is 5.41. The molecule has 0 radical (unpaired) electrons. The summed E-state index contributed by atoms with van der Waals surface area (Å²) >= 11 is 0. The van der Waals surface area contributed by atoms with Crippen molar-refractivity contribution in [3.05, 3.63) is 24.0 Å². The van der Waals surface area contributed by atoms with Crippen LogP contribution >= 0.6 is 0 Å². The molecule has 0 aromatic carbocycles. The van der Waals surface area contributed by atoms with E-state index in [0.717, 1.165) is 5.57 Å². The van der Waals surface area contributed by atoms with Crippen molar-refractivity contribution < 1.29 is 19.4 Å². The zero-order valence-electron chi connectivity index (χ0n) is 8.89. The molecule has 4 heteroatoms. The maximum Gasteiger partial charge on any atom is 0.307 e. The van der Waals surface area contributed by atoms with Gasteiger partial charge in [0.2, 0.25) is 0 Å². The van der Waals surface area contributed by atoms with Crippen LogP contribution in [-0.4, -0.2) is 23.5 Å². The Kier molecular flexibility index (Phi) is 3.08. The van der Waals surface area contributed by atoms with Gasteiger partial charge in [0.1, 0.15) is 12.4 Å². The van der Waals surface area contributed by atoms with Gasteiger partial charge in [0.25, 0.3) is 0 Å². The lowest BCUT2D eigenvalue weighted by Crippen LogP contribution is -2.32. The van der Waals surface area contributed by atoms with Crippen molar-refractivity contribution in [3.63, 3.8) is 0 Å². The predicted octanol–water partition coefficient (Wildman–Crippen LogP) is 1.53. The standard InChI is InChI=1S/C12H14O4/c13-9-3-4-10(12(14)15)11(6-9)8-2-1-5-16-7-8/h1-2,7,10-11H,3-6H2,(H,14,15)/t10-,11?/m1/s1. The van der Waals surface area contributed by atoms with Crippen LogP contribution in [0.5, 0.6) is 0 Å². The molecule has 86 valence electrons. The second kappa shape index (κ2) is 4.51. The first-order valence-electron chi connectivity index (χ1n) is 5.41. The number of carboxylic acid groups (broad SMARTS) is 1. The monoisotopic (exact) mass is 222 g/mol. The summed E-state index contributed by atoms with van der Waals surface area (Å²) in [7, 11) is 0. The normalized spacial score (nSPS) is 29.5. The first kappa shape index (κ1) is 10.9. The fourth-order valence-electron chi connectivity index (χ4n) is 2.29. The number of Topliss-reactive ketones (excluding diaryl/α,β-unsaturated/α-hetero) is 1. The summed E-state index contributed by atoms with van der Waals surface area (Å²) < 4.78 is 5.15. The molecular weight excluding hydrogens is 208 g/mol. The molecule has 0 aromatic heterocycles. The minimum Gasteiger partial charge on any atom is -0.497 e. The average molecular weight is 222 g/mol. The molecule has 1 saturated carbocycles. The summed E-state index contributed by atoms with van der Waals surface area (Å²) in [5, 5.41) is 9.12. The Morgan fingerprint density at radius 2 is 2.31 bits per heavy atom. The number of ether oxygens (including phenoxy) is 1. The molecule has 16 heavy (non-hydrogen) atoms. The maximum absolute atomic E-state index is 11.4. The van der Waals surface area contributed by atoms with Crippen molar-refractivity contribution in [2.45, 2.75) is 19.3 Å². The van der Waals surface area contributed by atoms with E-state index >= 15 is 0 Å². The number of carbonyl (C=O) groups excluding carboxylic acids is 1. The lowest BCUT2D eigenvalue weighted by molar-refractivity contribution is -0.145. The summed E-state index contributed by atoms with van der Waals surface area (Å²) in [4.78, 5) is 22.5. The van der Waals surface area contributed by atoms with Gasteiger partial charge in [-0.2, -0.15) is 0 Å². The zero-order valence-corrected chi connectivity index (χ0v) is 8.89. The predicted molar refractivity (Wildman–Crippen MR) is 56.6 cm³/mol. The van der Waals surface area contributed by atoms with E-state index in [9.17, 15) is 9.59 Å². The van der Waals surface area contributed by atoms with Gasteiger partial charge in [0, 0.05) is 18.8 Å². The third-order valence-electron chi connectivity index (χ3n) is 3.13. The van der Waals surface area contributed by atoms with Gasteiger partial charge in [-0.3, -0.25) is 9.59 Å². The molecule has 0 amide bonds. The molecule has 2 aliphatic rings. The van der Waals surface area contributed by atoms with E-state index in [1.165, 1.54) is 0 Å². The number of aliphatic carboxylic acids is 1. The van der Waals surface area contributed by atoms with Crippen LogP contribution in [-0.2, 0) is 14.3 Å². The smallest absolute Gasteiger partial charge is 0.307 e. The van der Waals surface area contributed by atoms with E-state index in [4.69, 9.17) is 9.84 Å². The quantitative estimate of drug-likeness (QED) is 0.769. The third-order valence-corrected chi connectivity index (χ3v) is 3.13. The number of carbonyl (C=O) groups is 2. The lowest BCUT2D eigenvalue weighted by atomic mass is 9.74. The van der Waals surface area contributed by atoms with Crippen molar-refractivity contribution in [1.82, 2.24) is 0 Å². The highest BCUT2D eigenvalue weighted by atomic mass is 16.5. The van der Waals surface area contributed by atoms with E-state index in [1.54, 1.807) is 6.26 Å². The summed E-state index contributed by atoms with van der Waals surface area (Å²) in [6.45, 7) is 0.516. The molecule has 0 spiro atoms. The number of rotatable bonds is 2. The molecule has 1 aliphatic carbocycles. The summed E-state index contributed by atoms with van der Waals surface area (Å²) in [5.74, 6) is -1.37. The molecule has 2 rings (SSSR count). The Hall–Kier alpha value is -1.58. The van der Waals surface area contributed by atoms with Crippen LogP contribution in [0.4, 0.5) is 0 Å². The molecule has 1 N–H and O–H groups in total. The highest BCUT2D eigenvalue weighted by Crippen LogP contribution is 2.35. The van der Waals surface area contributed by atoms with Crippen LogP contribution in [0.2, 0.25) is 0 Å².